The van der Waals surface area contributed by atoms with Gasteiger partial charge in [0.2, 0.25) is 0 Å². The number of nitrogens with one attached hydrogen (secondary N) is 1. The Hall–Kier alpha value is -1.52. The van der Waals surface area contributed by atoms with Crippen LogP contribution in [0.1, 0.15) is 17.2 Å². The molecule has 1 N–H and O–H groups in total. The van der Waals surface area contributed by atoms with E-state index in [-0.39, 0.29) is 30.9 Å². The SMILES string of the molecule is C=C[C@H](c1cccc(OCc2ccccc2)c1)N1CCNCC1.Cl.Cl. The lowest BCUT2D eigenvalue weighted by Crippen LogP contribution is -2.44. The summed E-state index contributed by atoms with van der Waals surface area (Å²) < 4.78 is 5.95. The van der Waals surface area contributed by atoms with E-state index in [4.69, 9.17) is 4.74 Å². The summed E-state index contributed by atoms with van der Waals surface area (Å²) in [5, 5.41) is 3.39. The highest BCUT2D eigenvalue weighted by molar-refractivity contribution is 5.85. The van der Waals surface area contributed by atoms with Crippen LogP contribution in [0.25, 0.3) is 0 Å². The van der Waals surface area contributed by atoms with E-state index in [0.29, 0.717) is 6.61 Å². The third-order valence-corrected chi connectivity index (χ3v) is 4.22. The van der Waals surface area contributed by atoms with Crippen LogP contribution in [0.3, 0.4) is 0 Å². The van der Waals surface area contributed by atoms with Gasteiger partial charge in [0.1, 0.15) is 12.4 Å². The normalized spacial score (nSPS) is 15.4. The van der Waals surface area contributed by atoms with Crippen molar-refractivity contribution in [2.45, 2.75) is 12.6 Å². The average Bonchev–Trinajstić information content (AvgIpc) is 2.63. The van der Waals surface area contributed by atoms with Gasteiger partial charge in [-0.15, -0.1) is 31.4 Å². The molecule has 2 aromatic rings. The number of nitrogens with zero attached hydrogens (tertiary/aromatic N) is 1. The van der Waals surface area contributed by atoms with Gasteiger partial charge in [-0.3, -0.25) is 4.90 Å². The van der Waals surface area contributed by atoms with E-state index in [1.165, 1.54) is 11.1 Å². The second-order valence-electron chi connectivity index (χ2n) is 5.81. The number of benzene rings is 2. The van der Waals surface area contributed by atoms with Crippen molar-refractivity contribution < 1.29 is 4.74 Å². The van der Waals surface area contributed by atoms with Gasteiger partial charge in [-0.05, 0) is 23.3 Å². The largest absolute Gasteiger partial charge is 0.489 e. The molecule has 5 heteroatoms. The number of ether oxygens (including phenoxy) is 1. The molecule has 0 unspecified atom stereocenters. The molecule has 2 aromatic carbocycles. The van der Waals surface area contributed by atoms with Gasteiger partial charge in [0.05, 0.1) is 6.04 Å². The molecule has 0 amide bonds. The van der Waals surface area contributed by atoms with Crippen LogP contribution in [0.5, 0.6) is 5.75 Å². The summed E-state index contributed by atoms with van der Waals surface area (Å²) in [5.74, 6) is 0.910. The van der Waals surface area contributed by atoms with E-state index in [1.807, 2.05) is 30.3 Å². The maximum Gasteiger partial charge on any atom is 0.120 e. The first kappa shape index (κ1) is 21.5. The first-order valence-electron chi connectivity index (χ1n) is 8.21. The van der Waals surface area contributed by atoms with Crippen molar-refractivity contribution in [3.8, 4) is 5.75 Å². The maximum atomic E-state index is 5.95. The number of hydrogen-bond donors (Lipinski definition) is 1. The van der Waals surface area contributed by atoms with Crippen molar-refractivity contribution in [3.05, 3.63) is 78.4 Å². The number of hydrogen-bond acceptors (Lipinski definition) is 3. The molecule has 0 aromatic heterocycles. The fourth-order valence-electron chi connectivity index (χ4n) is 2.99. The van der Waals surface area contributed by atoms with E-state index in [9.17, 15) is 0 Å². The molecule has 0 radical (unpaired) electrons. The standard InChI is InChI=1S/C20H24N2O.2ClH/c1-2-20(22-13-11-21-12-14-22)18-9-6-10-19(15-18)23-16-17-7-4-3-5-8-17;;/h2-10,15,20-21H,1,11-14,16H2;2*1H/t20-;;/m1../s1. The Balaban J connectivity index is 0.00000156. The topological polar surface area (TPSA) is 24.5 Å². The molecule has 0 aliphatic carbocycles. The first-order chi connectivity index (χ1) is 11.4. The monoisotopic (exact) mass is 380 g/mol. The van der Waals surface area contributed by atoms with Crippen molar-refractivity contribution in [1.29, 1.82) is 0 Å². The molecule has 0 spiro atoms. The Labute approximate surface area is 162 Å². The minimum atomic E-state index is 0. The van der Waals surface area contributed by atoms with Crippen LogP contribution in [-0.2, 0) is 6.61 Å². The van der Waals surface area contributed by atoms with Gasteiger partial charge in [-0.25, -0.2) is 0 Å². The molecule has 1 aliphatic rings. The van der Waals surface area contributed by atoms with Crippen LogP contribution >= 0.6 is 24.8 Å². The summed E-state index contributed by atoms with van der Waals surface area (Å²) >= 11 is 0. The smallest absolute Gasteiger partial charge is 0.120 e. The van der Waals surface area contributed by atoms with E-state index in [0.717, 1.165) is 31.9 Å². The molecule has 1 heterocycles. The Morgan fingerprint density at radius 1 is 1.04 bits per heavy atom. The Kier molecular flexibility index (Phi) is 9.61. The lowest BCUT2D eigenvalue weighted by molar-refractivity contribution is 0.203. The van der Waals surface area contributed by atoms with Crippen LogP contribution in [0.15, 0.2) is 67.3 Å². The molecule has 1 atom stereocenters. The van der Waals surface area contributed by atoms with Gasteiger partial charge in [-0.1, -0.05) is 48.5 Å². The van der Waals surface area contributed by atoms with Crippen LogP contribution in [-0.4, -0.2) is 31.1 Å². The van der Waals surface area contributed by atoms with Gasteiger partial charge >= 0.3 is 0 Å². The van der Waals surface area contributed by atoms with Crippen molar-refractivity contribution in [2.24, 2.45) is 0 Å². The highest BCUT2D eigenvalue weighted by Gasteiger charge is 2.19. The van der Waals surface area contributed by atoms with Crippen LogP contribution in [0, 0.1) is 0 Å². The fraction of sp³-hybridized carbons (Fsp3) is 0.300. The van der Waals surface area contributed by atoms with E-state index >= 15 is 0 Å². The zero-order valence-electron chi connectivity index (χ0n) is 14.3. The highest BCUT2D eigenvalue weighted by atomic mass is 35.5. The second kappa shape index (κ2) is 11.2. The third kappa shape index (κ3) is 6.05. The van der Waals surface area contributed by atoms with Gasteiger partial charge in [-0.2, -0.15) is 0 Å². The van der Waals surface area contributed by atoms with Gasteiger partial charge in [0.15, 0.2) is 0 Å². The van der Waals surface area contributed by atoms with Gasteiger partial charge < -0.3 is 10.1 Å². The van der Waals surface area contributed by atoms with Crippen LogP contribution < -0.4 is 10.1 Å². The molecule has 3 nitrogen and oxygen atoms in total. The van der Waals surface area contributed by atoms with Crippen molar-refractivity contribution in [2.75, 3.05) is 26.2 Å². The molecule has 1 saturated heterocycles. The molecule has 1 fully saturated rings. The predicted octanol–water partition coefficient (Wildman–Crippen LogP) is 4.24. The Morgan fingerprint density at radius 2 is 1.76 bits per heavy atom. The maximum absolute atomic E-state index is 5.95. The molecular formula is C20H26Cl2N2O. The first-order valence-corrected chi connectivity index (χ1v) is 8.21. The fourth-order valence-corrected chi connectivity index (χ4v) is 2.99. The lowest BCUT2D eigenvalue weighted by Gasteiger charge is -2.33. The predicted molar refractivity (Wildman–Crippen MR) is 109 cm³/mol. The third-order valence-electron chi connectivity index (χ3n) is 4.22. The lowest BCUT2D eigenvalue weighted by atomic mass is 10.0. The molecule has 136 valence electrons. The summed E-state index contributed by atoms with van der Waals surface area (Å²) in [5.41, 5.74) is 2.42. The second-order valence-corrected chi connectivity index (χ2v) is 5.81. The molecule has 1 aliphatic heterocycles. The van der Waals surface area contributed by atoms with Crippen LogP contribution in [0.4, 0.5) is 0 Å². The minimum absolute atomic E-state index is 0. The molecule has 0 bridgehead atoms. The van der Waals surface area contributed by atoms with Crippen molar-refractivity contribution >= 4 is 24.8 Å². The summed E-state index contributed by atoms with van der Waals surface area (Å²) in [6, 6.07) is 18.9. The van der Waals surface area contributed by atoms with Gasteiger partial charge in [0, 0.05) is 26.2 Å². The van der Waals surface area contributed by atoms with E-state index in [2.05, 4.69) is 47.1 Å². The molecule has 0 saturated carbocycles. The minimum Gasteiger partial charge on any atom is -0.489 e. The molecular weight excluding hydrogens is 355 g/mol. The summed E-state index contributed by atoms with van der Waals surface area (Å²) in [6.07, 6.45) is 2.03. The number of rotatable bonds is 6. The van der Waals surface area contributed by atoms with Crippen molar-refractivity contribution in [3.63, 3.8) is 0 Å². The highest BCUT2D eigenvalue weighted by Crippen LogP contribution is 2.26. The van der Waals surface area contributed by atoms with Crippen molar-refractivity contribution in [1.82, 2.24) is 10.2 Å². The average molecular weight is 381 g/mol. The zero-order chi connectivity index (χ0) is 15.9. The summed E-state index contributed by atoms with van der Waals surface area (Å²) in [4.78, 5) is 2.46. The number of piperazine rings is 1. The molecule has 25 heavy (non-hydrogen) atoms. The Morgan fingerprint density at radius 3 is 2.44 bits per heavy atom. The molecule has 3 rings (SSSR count). The zero-order valence-corrected chi connectivity index (χ0v) is 15.9. The van der Waals surface area contributed by atoms with Crippen LogP contribution in [0.2, 0.25) is 0 Å². The summed E-state index contributed by atoms with van der Waals surface area (Å²) in [6.45, 7) is 8.79. The quantitative estimate of drug-likeness (QED) is 0.758. The van der Waals surface area contributed by atoms with E-state index in [1.54, 1.807) is 0 Å². The van der Waals surface area contributed by atoms with Gasteiger partial charge in [0.25, 0.3) is 0 Å². The Bertz CT molecular complexity index is 631. The van der Waals surface area contributed by atoms with E-state index < -0.39 is 0 Å². The summed E-state index contributed by atoms with van der Waals surface area (Å²) in [7, 11) is 0. The number of halogens is 2.